The highest BCUT2D eigenvalue weighted by Crippen LogP contribution is 2.20. The molecule has 3 amide bonds. The van der Waals surface area contributed by atoms with Crippen LogP contribution in [-0.4, -0.2) is 77.3 Å². The number of likely N-dealkylation sites (N-methyl/N-ethyl adjacent to an activating group) is 1. The van der Waals surface area contributed by atoms with Crippen LogP contribution in [0, 0.1) is 5.92 Å². The molecule has 8 heteroatoms. The van der Waals surface area contributed by atoms with Crippen molar-refractivity contribution >= 4 is 40.4 Å². The molecule has 0 saturated carbocycles. The first-order valence-electron chi connectivity index (χ1n) is 9.60. The second kappa shape index (κ2) is 9.76. The van der Waals surface area contributed by atoms with Crippen LogP contribution in [0.4, 0.5) is 4.79 Å². The van der Waals surface area contributed by atoms with E-state index < -0.39 is 0 Å². The van der Waals surface area contributed by atoms with Crippen molar-refractivity contribution in [1.82, 2.24) is 14.7 Å². The number of imide groups is 1. The van der Waals surface area contributed by atoms with Crippen molar-refractivity contribution in [2.45, 2.75) is 19.3 Å². The molecule has 0 aromatic heterocycles. The second-order valence-electron chi connectivity index (χ2n) is 7.49. The molecule has 2 saturated heterocycles. The molecule has 0 bridgehead atoms. The lowest BCUT2D eigenvalue weighted by atomic mass is 9.97. The van der Waals surface area contributed by atoms with Crippen LogP contribution in [0.2, 0.25) is 5.02 Å². The first kappa shape index (κ1) is 21.1. The molecule has 1 aromatic carbocycles. The third kappa shape index (κ3) is 5.72. The van der Waals surface area contributed by atoms with Gasteiger partial charge in [-0.05, 0) is 49.4 Å². The normalized spacial score (nSPS) is 20.6. The summed E-state index contributed by atoms with van der Waals surface area (Å²) in [5.74, 6) is 0.0960. The number of rotatable bonds is 7. The van der Waals surface area contributed by atoms with Crippen molar-refractivity contribution in [3.8, 4) is 0 Å². The first-order chi connectivity index (χ1) is 13.4. The minimum absolute atomic E-state index is 0.140. The highest BCUT2D eigenvalue weighted by atomic mass is 35.5. The van der Waals surface area contributed by atoms with E-state index in [1.807, 2.05) is 12.1 Å². The van der Waals surface area contributed by atoms with Crippen molar-refractivity contribution in [1.29, 1.82) is 0 Å². The lowest BCUT2D eigenvalue weighted by molar-refractivity contribution is -0.136. The maximum absolute atomic E-state index is 12.4. The van der Waals surface area contributed by atoms with E-state index in [1.54, 1.807) is 11.9 Å². The van der Waals surface area contributed by atoms with Gasteiger partial charge >= 0.3 is 0 Å². The molecule has 0 spiro atoms. The Kier molecular flexibility index (Phi) is 7.37. The summed E-state index contributed by atoms with van der Waals surface area (Å²) in [6.07, 6.45) is 3.19. The molecule has 28 heavy (non-hydrogen) atoms. The molecule has 0 N–H and O–H groups in total. The number of nitrogens with zero attached hydrogens (tertiary/aromatic N) is 3. The number of hydrogen-bond donors (Lipinski definition) is 0. The fourth-order valence-corrected chi connectivity index (χ4v) is 4.57. The van der Waals surface area contributed by atoms with Gasteiger partial charge in [-0.2, -0.15) is 0 Å². The van der Waals surface area contributed by atoms with Crippen molar-refractivity contribution < 1.29 is 14.4 Å². The highest BCUT2D eigenvalue weighted by Gasteiger charge is 2.32. The fraction of sp³-hybridized carbons (Fsp3) is 0.550. The third-order valence-corrected chi connectivity index (χ3v) is 6.44. The number of likely N-dealkylation sites (tertiary alicyclic amines) is 1. The average molecular weight is 424 g/mol. The SMILES string of the molecule is CN(CC1CCCN(CCc2ccc(Cl)cc2)C1)C(=O)CN1C(=O)CSC1=O. The molecule has 2 heterocycles. The van der Waals surface area contributed by atoms with Gasteiger partial charge in [0.2, 0.25) is 11.8 Å². The molecule has 152 valence electrons. The smallest absolute Gasteiger partial charge is 0.289 e. The van der Waals surface area contributed by atoms with Crippen molar-refractivity contribution in [2.75, 3.05) is 45.5 Å². The van der Waals surface area contributed by atoms with Crippen molar-refractivity contribution in [3.63, 3.8) is 0 Å². The summed E-state index contributed by atoms with van der Waals surface area (Å²) >= 11 is 6.90. The van der Waals surface area contributed by atoms with Crippen molar-refractivity contribution in [3.05, 3.63) is 34.9 Å². The Hall–Kier alpha value is -1.57. The molecule has 2 fully saturated rings. The summed E-state index contributed by atoms with van der Waals surface area (Å²) < 4.78 is 0. The molecular formula is C20H26ClN3O3S. The standard InChI is InChI=1S/C20H26ClN3O3S/c1-22(18(25)13-24-19(26)14-28-20(24)27)11-16-3-2-9-23(12-16)10-8-15-4-6-17(21)7-5-15/h4-7,16H,2-3,8-14H2,1H3. The minimum Gasteiger partial charge on any atom is -0.344 e. The predicted molar refractivity (Wildman–Crippen MR) is 112 cm³/mol. The first-order valence-corrected chi connectivity index (χ1v) is 11.0. The number of carbonyl (C=O) groups is 3. The Morgan fingerprint density at radius 3 is 2.71 bits per heavy atom. The van der Waals surface area contributed by atoms with Crippen LogP contribution in [0.3, 0.4) is 0 Å². The number of carbonyl (C=O) groups excluding carboxylic acids is 3. The van der Waals surface area contributed by atoms with E-state index in [4.69, 9.17) is 11.6 Å². The van der Waals surface area contributed by atoms with Gasteiger partial charge in [-0.25, -0.2) is 0 Å². The van der Waals surface area contributed by atoms with Crippen LogP contribution in [-0.2, 0) is 16.0 Å². The molecule has 1 atom stereocenters. The molecule has 0 aliphatic carbocycles. The van der Waals surface area contributed by atoms with Gasteiger partial charge in [0, 0.05) is 31.7 Å². The number of piperidine rings is 1. The lowest BCUT2D eigenvalue weighted by Gasteiger charge is -2.35. The summed E-state index contributed by atoms with van der Waals surface area (Å²) in [4.78, 5) is 41.0. The van der Waals surface area contributed by atoms with E-state index in [-0.39, 0.29) is 29.4 Å². The predicted octanol–water partition coefficient (Wildman–Crippen LogP) is 2.75. The molecule has 3 rings (SSSR count). The summed E-state index contributed by atoms with van der Waals surface area (Å²) in [6.45, 7) is 3.54. The van der Waals surface area contributed by atoms with Crippen molar-refractivity contribution in [2.24, 2.45) is 5.92 Å². The van der Waals surface area contributed by atoms with Gasteiger partial charge in [0.05, 0.1) is 5.75 Å². The van der Waals surface area contributed by atoms with E-state index in [0.29, 0.717) is 12.5 Å². The zero-order chi connectivity index (χ0) is 20.1. The number of amides is 3. The van der Waals surface area contributed by atoms with Gasteiger partial charge < -0.3 is 9.80 Å². The Morgan fingerprint density at radius 1 is 1.29 bits per heavy atom. The Bertz CT molecular complexity index is 712. The Balaban J connectivity index is 1.44. The topological polar surface area (TPSA) is 60.9 Å². The average Bonchev–Trinajstić information content (AvgIpc) is 3.00. The number of halogens is 1. The summed E-state index contributed by atoms with van der Waals surface area (Å²) in [6, 6.07) is 7.97. The Morgan fingerprint density at radius 2 is 2.04 bits per heavy atom. The van der Waals surface area contributed by atoms with Crippen LogP contribution >= 0.6 is 23.4 Å². The van der Waals surface area contributed by atoms with Gasteiger partial charge in [-0.1, -0.05) is 35.5 Å². The quantitative estimate of drug-likeness (QED) is 0.674. The minimum atomic E-state index is -0.321. The van der Waals surface area contributed by atoms with Gasteiger partial charge in [0.15, 0.2) is 0 Å². The molecule has 2 aliphatic heterocycles. The molecule has 1 unspecified atom stereocenters. The second-order valence-corrected chi connectivity index (χ2v) is 8.86. The van der Waals surface area contributed by atoms with Crippen LogP contribution in [0.5, 0.6) is 0 Å². The van der Waals surface area contributed by atoms with E-state index in [2.05, 4.69) is 17.0 Å². The number of hydrogen-bond acceptors (Lipinski definition) is 5. The van der Waals surface area contributed by atoms with E-state index in [1.165, 1.54) is 5.56 Å². The summed E-state index contributed by atoms with van der Waals surface area (Å²) in [5.41, 5.74) is 1.27. The third-order valence-electron chi connectivity index (χ3n) is 5.32. The van der Waals surface area contributed by atoms with Crippen LogP contribution < -0.4 is 0 Å². The van der Waals surface area contributed by atoms with Crippen LogP contribution in [0.15, 0.2) is 24.3 Å². The zero-order valence-electron chi connectivity index (χ0n) is 16.1. The number of thioether (sulfide) groups is 1. The van der Waals surface area contributed by atoms with E-state index in [9.17, 15) is 14.4 Å². The van der Waals surface area contributed by atoms with Crippen LogP contribution in [0.1, 0.15) is 18.4 Å². The highest BCUT2D eigenvalue weighted by molar-refractivity contribution is 8.14. The molecule has 0 radical (unpaired) electrons. The fourth-order valence-electron chi connectivity index (χ4n) is 3.72. The maximum Gasteiger partial charge on any atom is 0.289 e. The van der Waals surface area contributed by atoms with E-state index in [0.717, 1.165) is 60.6 Å². The maximum atomic E-state index is 12.4. The van der Waals surface area contributed by atoms with Gasteiger partial charge in [-0.15, -0.1) is 0 Å². The van der Waals surface area contributed by atoms with Crippen LogP contribution in [0.25, 0.3) is 0 Å². The van der Waals surface area contributed by atoms with Gasteiger partial charge in [0.25, 0.3) is 5.24 Å². The zero-order valence-corrected chi connectivity index (χ0v) is 17.7. The molecule has 2 aliphatic rings. The molecule has 1 aromatic rings. The monoisotopic (exact) mass is 423 g/mol. The summed E-state index contributed by atoms with van der Waals surface area (Å²) in [7, 11) is 1.76. The van der Waals surface area contributed by atoms with Gasteiger partial charge in [-0.3, -0.25) is 19.3 Å². The van der Waals surface area contributed by atoms with Gasteiger partial charge in [0.1, 0.15) is 6.54 Å². The lowest BCUT2D eigenvalue weighted by Crippen LogP contribution is -2.45. The Labute approximate surface area is 175 Å². The largest absolute Gasteiger partial charge is 0.344 e. The molecular weight excluding hydrogens is 398 g/mol. The van der Waals surface area contributed by atoms with E-state index >= 15 is 0 Å². The number of benzene rings is 1. The summed E-state index contributed by atoms with van der Waals surface area (Å²) in [5, 5.41) is 0.434. The molecule has 6 nitrogen and oxygen atoms in total.